The number of piperazine rings is 1. The molecule has 5 rings (SSSR count). The van der Waals surface area contributed by atoms with Crippen LogP contribution in [0.4, 0.5) is 20.6 Å². The first-order chi connectivity index (χ1) is 18.7. The second-order valence-electron chi connectivity index (χ2n) is 9.71. The summed E-state index contributed by atoms with van der Waals surface area (Å²) >= 11 is 0. The zero-order valence-corrected chi connectivity index (χ0v) is 21.9. The number of carbonyl (C=O) groups is 2. The summed E-state index contributed by atoms with van der Waals surface area (Å²) in [5.41, 5.74) is 7.17. The number of hydrogen-bond acceptors (Lipinski definition) is 8. The van der Waals surface area contributed by atoms with Crippen LogP contribution in [0.15, 0.2) is 36.7 Å². The summed E-state index contributed by atoms with van der Waals surface area (Å²) in [6.45, 7) is 6.04. The Hall–Kier alpha value is -4.52. The molecule has 4 aromatic rings. The van der Waals surface area contributed by atoms with Crippen LogP contribution in [0, 0.1) is 5.82 Å². The SMILES string of the molecule is C[C@H]1CN(c2ccc(C(=O)Nc3cc(F)c4nn(C)cc4c3)c3nc(OCCNC(N)=O)ncc23)C[C@H](C)N1. The molecule has 39 heavy (non-hydrogen) atoms. The molecule has 2 aromatic carbocycles. The number of nitrogens with two attached hydrogens (primary N) is 1. The van der Waals surface area contributed by atoms with Crippen molar-refractivity contribution in [3.63, 3.8) is 0 Å². The van der Waals surface area contributed by atoms with Gasteiger partial charge in [-0.25, -0.2) is 14.2 Å². The van der Waals surface area contributed by atoms with Crippen LogP contribution in [0.2, 0.25) is 0 Å². The first-order valence-electron chi connectivity index (χ1n) is 12.6. The topological polar surface area (TPSA) is 152 Å². The molecule has 0 unspecified atom stereocenters. The number of ether oxygens (including phenoxy) is 1. The van der Waals surface area contributed by atoms with Crippen LogP contribution in [0.1, 0.15) is 24.2 Å². The Morgan fingerprint density at radius 3 is 2.72 bits per heavy atom. The van der Waals surface area contributed by atoms with Crippen molar-refractivity contribution >= 4 is 45.1 Å². The minimum Gasteiger partial charge on any atom is -0.462 e. The predicted octanol–water partition coefficient (Wildman–Crippen LogP) is 2.14. The summed E-state index contributed by atoms with van der Waals surface area (Å²) in [6, 6.07) is 6.41. The number of halogens is 1. The maximum absolute atomic E-state index is 14.6. The highest BCUT2D eigenvalue weighted by atomic mass is 19.1. The van der Waals surface area contributed by atoms with Crippen molar-refractivity contribution in [2.75, 3.05) is 36.5 Å². The zero-order chi connectivity index (χ0) is 27.7. The molecule has 5 N–H and O–H groups in total. The van der Waals surface area contributed by atoms with Crippen LogP contribution in [0.25, 0.3) is 21.8 Å². The zero-order valence-electron chi connectivity index (χ0n) is 21.9. The number of urea groups is 1. The van der Waals surface area contributed by atoms with E-state index in [4.69, 9.17) is 10.5 Å². The van der Waals surface area contributed by atoms with Gasteiger partial charge in [0, 0.05) is 66.8 Å². The van der Waals surface area contributed by atoms with E-state index in [2.05, 4.69) is 49.8 Å². The maximum atomic E-state index is 14.6. The highest BCUT2D eigenvalue weighted by Crippen LogP contribution is 2.31. The first-order valence-corrected chi connectivity index (χ1v) is 12.6. The molecule has 0 spiro atoms. The number of primary amides is 1. The molecule has 1 saturated heterocycles. The van der Waals surface area contributed by atoms with E-state index in [-0.39, 0.29) is 42.3 Å². The molecule has 2 aromatic heterocycles. The molecule has 0 bridgehead atoms. The summed E-state index contributed by atoms with van der Waals surface area (Å²) in [5.74, 6) is -0.996. The Morgan fingerprint density at radius 2 is 1.97 bits per heavy atom. The van der Waals surface area contributed by atoms with E-state index in [9.17, 15) is 14.0 Å². The number of nitrogens with one attached hydrogen (secondary N) is 3. The van der Waals surface area contributed by atoms with E-state index in [0.717, 1.165) is 18.8 Å². The number of carbonyl (C=O) groups excluding carboxylic acids is 2. The number of aryl methyl sites for hydroxylation is 1. The quantitative estimate of drug-likeness (QED) is 0.263. The molecule has 13 heteroatoms. The Bertz CT molecular complexity index is 1550. The van der Waals surface area contributed by atoms with Crippen LogP contribution in [0.3, 0.4) is 0 Å². The summed E-state index contributed by atoms with van der Waals surface area (Å²) in [7, 11) is 1.70. The van der Waals surface area contributed by atoms with Crippen molar-refractivity contribution in [2.45, 2.75) is 25.9 Å². The van der Waals surface area contributed by atoms with E-state index in [0.29, 0.717) is 22.0 Å². The van der Waals surface area contributed by atoms with Gasteiger partial charge in [0.25, 0.3) is 5.91 Å². The fourth-order valence-corrected chi connectivity index (χ4v) is 4.94. The second-order valence-corrected chi connectivity index (χ2v) is 9.71. The van der Waals surface area contributed by atoms with Crippen LogP contribution in [-0.4, -0.2) is 70.0 Å². The number of amides is 3. The average Bonchev–Trinajstić information content (AvgIpc) is 3.25. The average molecular weight is 536 g/mol. The number of nitrogens with zero attached hydrogens (tertiary/aromatic N) is 5. The minimum absolute atomic E-state index is 0.0461. The van der Waals surface area contributed by atoms with Gasteiger partial charge in [-0.15, -0.1) is 0 Å². The fourth-order valence-electron chi connectivity index (χ4n) is 4.94. The molecule has 12 nitrogen and oxygen atoms in total. The van der Waals surface area contributed by atoms with Gasteiger partial charge in [-0.3, -0.25) is 9.48 Å². The van der Waals surface area contributed by atoms with E-state index in [1.165, 1.54) is 10.7 Å². The van der Waals surface area contributed by atoms with Crippen molar-refractivity contribution in [2.24, 2.45) is 12.8 Å². The Labute approximate surface area is 223 Å². The van der Waals surface area contributed by atoms with Gasteiger partial charge in [-0.2, -0.15) is 10.1 Å². The van der Waals surface area contributed by atoms with E-state index >= 15 is 0 Å². The molecule has 3 amide bonds. The van der Waals surface area contributed by atoms with Gasteiger partial charge in [-0.1, -0.05) is 0 Å². The fraction of sp³-hybridized carbons (Fsp3) is 0.346. The third kappa shape index (κ3) is 5.67. The lowest BCUT2D eigenvalue weighted by atomic mass is 10.0. The summed E-state index contributed by atoms with van der Waals surface area (Å²) in [6.07, 6.45) is 3.31. The lowest BCUT2D eigenvalue weighted by molar-refractivity contribution is 0.102. The Kier molecular flexibility index (Phi) is 7.15. The molecule has 0 aliphatic carbocycles. The number of hydrogen-bond donors (Lipinski definition) is 4. The van der Waals surface area contributed by atoms with E-state index in [1.54, 1.807) is 31.6 Å². The van der Waals surface area contributed by atoms with Crippen molar-refractivity contribution in [1.29, 1.82) is 0 Å². The smallest absolute Gasteiger partial charge is 0.317 e. The van der Waals surface area contributed by atoms with Gasteiger partial charge < -0.3 is 31.3 Å². The number of aromatic nitrogens is 4. The van der Waals surface area contributed by atoms with E-state index < -0.39 is 17.8 Å². The Morgan fingerprint density at radius 1 is 1.21 bits per heavy atom. The monoisotopic (exact) mass is 535 g/mol. The summed E-state index contributed by atoms with van der Waals surface area (Å²) in [5, 5.41) is 14.1. The maximum Gasteiger partial charge on any atom is 0.317 e. The number of benzene rings is 2. The number of fused-ring (bicyclic) bond motifs is 2. The molecule has 1 aliphatic heterocycles. The molecule has 0 radical (unpaired) electrons. The molecular weight excluding hydrogens is 505 g/mol. The third-order valence-electron chi connectivity index (χ3n) is 6.42. The highest BCUT2D eigenvalue weighted by Gasteiger charge is 2.25. The van der Waals surface area contributed by atoms with Crippen molar-refractivity contribution in [3.8, 4) is 6.01 Å². The third-order valence-corrected chi connectivity index (χ3v) is 6.42. The van der Waals surface area contributed by atoms with Crippen molar-refractivity contribution in [1.82, 2.24) is 30.4 Å². The number of rotatable bonds is 7. The standard InChI is InChI=1S/C26H30FN9O3/c1-14-11-36(12-15(2)31-14)21-5-4-18(23-19(21)10-30-26(33-23)39-7-6-29-25(28)38)24(37)32-17-8-16-13-35(3)34-22(16)20(27)9-17/h4-5,8-10,13-15,31H,6-7,11-12H2,1-3H3,(H,32,37)(H3,28,29,38)/t14-,15-/m0/s1. The second kappa shape index (κ2) is 10.7. The van der Waals surface area contributed by atoms with E-state index in [1.807, 2.05) is 6.07 Å². The molecular formula is C26H30FN9O3. The lowest BCUT2D eigenvalue weighted by Gasteiger charge is -2.38. The normalized spacial score (nSPS) is 17.4. The van der Waals surface area contributed by atoms with Crippen molar-refractivity contribution in [3.05, 3.63) is 48.0 Å². The minimum atomic E-state index is -0.665. The van der Waals surface area contributed by atoms with Gasteiger partial charge in [-0.05, 0) is 38.1 Å². The van der Waals surface area contributed by atoms with Gasteiger partial charge in [0.1, 0.15) is 12.1 Å². The van der Waals surface area contributed by atoms with Crippen LogP contribution in [0.5, 0.6) is 6.01 Å². The molecule has 1 fully saturated rings. The number of anilines is 2. The molecule has 204 valence electrons. The summed E-state index contributed by atoms with van der Waals surface area (Å²) < 4.78 is 21.7. The van der Waals surface area contributed by atoms with Gasteiger partial charge in [0.2, 0.25) is 0 Å². The molecule has 3 heterocycles. The van der Waals surface area contributed by atoms with Crippen LogP contribution >= 0.6 is 0 Å². The van der Waals surface area contributed by atoms with Crippen LogP contribution < -0.4 is 31.3 Å². The largest absolute Gasteiger partial charge is 0.462 e. The van der Waals surface area contributed by atoms with Gasteiger partial charge in [0.15, 0.2) is 5.82 Å². The van der Waals surface area contributed by atoms with Gasteiger partial charge in [0.05, 0.1) is 17.6 Å². The highest BCUT2D eigenvalue weighted by molar-refractivity contribution is 6.14. The van der Waals surface area contributed by atoms with Crippen molar-refractivity contribution < 1.29 is 18.7 Å². The Balaban J connectivity index is 1.50. The molecule has 0 saturated carbocycles. The predicted molar refractivity (Wildman–Crippen MR) is 146 cm³/mol. The van der Waals surface area contributed by atoms with Gasteiger partial charge >= 0.3 is 12.0 Å². The first kappa shape index (κ1) is 26.1. The molecule has 1 aliphatic rings. The lowest BCUT2D eigenvalue weighted by Crippen LogP contribution is -2.54. The van der Waals surface area contributed by atoms with Crippen LogP contribution in [-0.2, 0) is 7.05 Å². The summed E-state index contributed by atoms with van der Waals surface area (Å²) in [4.78, 5) is 35.5. The molecule has 2 atom stereocenters.